The zero-order valence-electron chi connectivity index (χ0n) is 10.3. The quantitative estimate of drug-likeness (QED) is 0.700. The smallest absolute Gasteiger partial charge is 0.198 e. The van der Waals surface area contributed by atoms with E-state index in [1.165, 1.54) is 0 Å². The Morgan fingerprint density at radius 1 is 1.15 bits per heavy atom. The molecule has 5 heteroatoms. The number of ketones is 1. The van der Waals surface area contributed by atoms with Gasteiger partial charge in [0.15, 0.2) is 5.78 Å². The third kappa shape index (κ3) is 2.46. The van der Waals surface area contributed by atoms with Gasteiger partial charge in [0.05, 0.1) is 17.2 Å². The topological polar surface area (TPSA) is 26.3 Å². The Labute approximate surface area is 134 Å². The molecule has 0 spiro atoms. The Hall–Kier alpha value is -1.03. The Kier molecular flexibility index (Phi) is 3.76. The van der Waals surface area contributed by atoms with Crippen LogP contribution in [0.4, 0.5) is 0 Å². The molecule has 3 rings (SSSR count). The van der Waals surface area contributed by atoms with Crippen LogP contribution in [-0.4, -0.2) is 12.4 Å². The molecule has 0 saturated carbocycles. The molecule has 0 aromatic heterocycles. The summed E-state index contributed by atoms with van der Waals surface area (Å²) in [6.45, 7) is 0.593. The number of benzene rings is 2. The molecule has 0 saturated heterocycles. The Balaban J connectivity index is 2.14. The van der Waals surface area contributed by atoms with Gasteiger partial charge in [-0.1, -0.05) is 39.1 Å². The summed E-state index contributed by atoms with van der Waals surface area (Å²) >= 11 is 15.5. The van der Waals surface area contributed by atoms with E-state index >= 15 is 0 Å². The fourth-order valence-electron chi connectivity index (χ4n) is 2.25. The highest BCUT2D eigenvalue weighted by molar-refractivity contribution is 9.10. The van der Waals surface area contributed by atoms with E-state index in [1.54, 1.807) is 24.3 Å². The van der Waals surface area contributed by atoms with Crippen molar-refractivity contribution in [1.29, 1.82) is 0 Å². The lowest BCUT2D eigenvalue weighted by atomic mass is 10.00. The number of carbonyl (C=O) groups is 1. The molecule has 0 atom stereocenters. The number of ether oxygens (including phenoxy) is 1. The van der Waals surface area contributed by atoms with Crippen molar-refractivity contribution in [2.24, 2.45) is 0 Å². The van der Waals surface area contributed by atoms with Gasteiger partial charge in [0, 0.05) is 21.5 Å². The molecule has 2 nitrogen and oxygen atoms in total. The third-order valence-corrected chi connectivity index (χ3v) is 4.19. The third-order valence-electron chi connectivity index (χ3n) is 3.17. The Bertz CT molecular complexity index is 713. The summed E-state index contributed by atoms with van der Waals surface area (Å²) in [5, 5.41) is 0.858. The minimum atomic E-state index is -0.183. The van der Waals surface area contributed by atoms with E-state index in [9.17, 15) is 4.79 Å². The van der Waals surface area contributed by atoms with Crippen LogP contribution in [0.5, 0.6) is 5.75 Å². The lowest BCUT2D eigenvalue weighted by Crippen LogP contribution is -2.05. The number of hydrogen-bond acceptors (Lipinski definition) is 2. The first-order chi connectivity index (χ1) is 9.56. The molecule has 0 unspecified atom stereocenters. The van der Waals surface area contributed by atoms with E-state index in [-0.39, 0.29) is 5.78 Å². The molecular formula is C15H9BrCl2O2. The first-order valence-corrected chi connectivity index (χ1v) is 7.56. The summed E-state index contributed by atoms with van der Waals surface area (Å²) < 4.78 is 6.43. The average Bonchev–Trinajstić information content (AvgIpc) is 2.87. The van der Waals surface area contributed by atoms with Crippen LogP contribution in [-0.2, 0) is 6.42 Å². The number of halogens is 3. The summed E-state index contributed by atoms with van der Waals surface area (Å²) in [6, 6.07) is 8.58. The van der Waals surface area contributed by atoms with Crippen molar-refractivity contribution in [3.05, 3.63) is 61.5 Å². The van der Waals surface area contributed by atoms with Gasteiger partial charge in [-0.05, 0) is 35.9 Å². The molecule has 1 heterocycles. The molecule has 0 bridgehead atoms. The van der Waals surface area contributed by atoms with Gasteiger partial charge in [0.1, 0.15) is 5.75 Å². The van der Waals surface area contributed by atoms with Gasteiger partial charge in [-0.15, -0.1) is 0 Å². The lowest BCUT2D eigenvalue weighted by molar-refractivity contribution is 0.103. The van der Waals surface area contributed by atoms with Crippen LogP contribution in [0.1, 0.15) is 21.5 Å². The predicted octanol–water partition coefficient (Wildman–Crippen LogP) is 4.92. The van der Waals surface area contributed by atoms with Crippen molar-refractivity contribution in [3.8, 4) is 5.75 Å². The molecule has 1 aliphatic heterocycles. The molecule has 2 aromatic rings. The van der Waals surface area contributed by atoms with Gasteiger partial charge in [0.25, 0.3) is 0 Å². The van der Waals surface area contributed by atoms with Crippen molar-refractivity contribution < 1.29 is 9.53 Å². The summed E-state index contributed by atoms with van der Waals surface area (Å²) in [4.78, 5) is 12.7. The molecule has 0 fully saturated rings. The Morgan fingerprint density at radius 2 is 1.95 bits per heavy atom. The zero-order valence-corrected chi connectivity index (χ0v) is 13.3. The molecule has 2 aromatic carbocycles. The summed E-state index contributed by atoms with van der Waals surface area (Å²) in [5.74, 6) is 0.464. The molecule has 1 aliphatic rings. The monoisotopic (exact) mass is 370 g/mol. The average molecular weight is 372 g/mol. The number of rotatable bonds is 2. The maximum absolute atomic E-state index is 12.7. The van der Waals surface area contributed by atoms with Crippen LogP contribution in [0.3, 0.4) is 0 Å². The van der Waals surface area contributed by atoms with Crippen molar-refractivity contribution in [1.82, 2.24) is 0 Å². The maximum Gasteiger partial charge on any atom is 0.198 e. The second kappa shape index (κ2) is 5.40. The van der Waals surface area contributed by atoms with Crippen LogP contribution in [0, 0.1) is 0 Å². The lowest BCUT2D eigenvalue weighted by Gasteiger charge is -2.09. The number of carbonyl (C=O) groups excluding carboxylic acids is 1. The van der Waals surface area contributed by atoms with E-state index in [1.807, 2.05) is 6.07 Å². The van der Waals surface area contributed by atoms with Gasteiger partial charge in [0.2, 0.25) is 0 Å². The fourth-order valence-corrected chi connectivity index (χ4v) is 3.14. The van der Waals surface area contributed by atoms with Crippen molar-refractivity contribution in [2.45, 2.75) is 6.42 Å². The number of fused-ring (bicyclic) bond motifs is 1. The fraction of sp³-hybridized carbons (Fsp3) is 0.133. The van der Waals surface area contributed by atoms with Gasteiger partial charge < -0.3 is 4.74 Å². The first kappa shape index (κ1) is 13.9. The highest BCUT2D eigenvalue weighted by atomic mass is 79.9. The summed E-state index contributed by atoms with van der Waals surface area (Å²) in [5.41, 5.74) is 1.92. The van der Waals surface area contributed by atoms with Crippen LogP contribution in [0.15, 0.2) is 34.8 Å². The first-order valence-electron chi connectivity index (χ1n) is 6.01. The van der Waals surface area contributed by atoms with E-state index in [0.717, 1.165) is 16.5 Å². The maximum atomic E-state index is 12.7. The molecule has 102 valence electrons. The highest BCUT2D eigenvalue weighted by Crippen LogP contribution is 2.35. The predicted molar refractivity (Wildman–Crippen MR) is 83.2 cm³/mol. The molecule has 0 amide bonds. The molecule has 20 heavy (non-hydrogen) atoms. The van der Waals surface area contributed by atoms with Gasteiger partial charge in [-0.25, -0.2) is 0 Å². The SMILES string of the molecule is O=C(c1cc(Cl)ccc1Cl)c1cc(Br)cc2c1OCC2. The van der Waals surface area contributed by atoms with Crippen LogP contribution >= 0.6 is 39.1 Å². The van der Waals surface area contributed by atoms with Crippen LogP contribution in [0.25, 0.3) is 0 Å². The van der Waals surface area contributed by atoms with Crippen LogP contribution < -0.4 is 4.74 Å². The van der Waals surface area contributed by atoms with Gasteiger partial charge in [-0.3, -0.25) is 4.79 Å². The highest BCUT2D eigenvalue weighted by Gasteiger charge is 2.24. The Morgan fingerprint density at radius 3 is 2.75 bits per heavy atom. The van der Waals surface area contributed by atoms with Crippen LogP contribution in [0.2, 0.25) is 10.0 Å². The summed E-state index contributed by atoms with van der Waals surface area (Å²) in [7, 11) is 0. The van der Waals surface area contributed by atoms with Crippen molar-refractivity contribution >= 4 is 44.9 Å². The zero-order chi connectivity index (χ0) is 14.3. The normalized spacial score (nSPS) is 12.9. The minimum absolute atomic E-state index is 0.183. The largest absolute Gasteiger partial charge is 0.492 e. The van der Waals surface area contributed by atoms with E-state index in [0.29, 0.717) is 33.5 Å². The number of hydrogen-bond donors (Lipinski definition) is 0. The minimum Gasteiger partial charge on any atom is -0.492 e. The summed E-state index contributed by atoms with van der Waals surface area (Å²) in [6.07, 6.45) is 0.804. The van der Waals surface area contributed by atoms with Gasteiger partial charge >= 0.3 is 0 Å². The molecule has 0 aliphatic carbocycles. The van der Waals surface area contributed by atoms with E-state index < -0.39 is 0 Å². The second-order valence-electron chi connectivity index (χ2n) is 4.49. The second-order valence-corrected chi connectivity index (χ2v) is 6.25. The van der Waals surface area contributed by atoms with E-state index in [4.69, 9.17) is 27.9 Å². The molecule has 0 radical (unpaired) electrons. The molecule has 0 N–H and O–H groups in total. The van der Waals surface area contributed by atoms with Crippen molar-refractivity contribution in [3.63, 3.8) is 0 Å². The van der Waals surface area contributed by atoms with Crippen molar-refractivity contribution in [2.75, 3.05) is 6.61 Å². The van der Waals surface area contributed by atoms with E-state index in [2.05, 4.69) is 15.9 Å². The van der Waals surface area contributed by atoms with Gasteiger partial charge in [-0.2, -0.15) is 0 Å². The molecular weight excluding hydrogens is 363 g/mol. The standard InChI is InChI=1S/C15H9BrCl2O2/c16-9-5-8-3-4-20-15(8)12(6-9)14(19)11-7-10(17)1-2-13(11)18/h1-2,5-7H,3-4H2.